The smallest absolute Gasteiger partial charge is 0.302 e. The molecule has 2 saturated carbocycles. The number of hydrogen-bond acceptors (Lipinski definition) is 3. The predicted octanol–water partition coefficient (Wildman–Crippen LogP) is 2.69. The third kappa shape index (κ3) is 3.64. The summed E-state index contributed by atoms with van der Waals surface area (Å²) in [5.74, 6) is 0.159. The fraction of sp³-hybridized carbons (Fsp3) is 0.929. The lowest BCUT2D eigenvalue weighted by Gasteiger charge is -2.31. The van der Waals surface area contributed by atoms with Gasteiger partial charge in [-0.2, -0.15) is 18.4 Å². The van der Waals surface area contributed by atoms with Crippen LogP contribution < -0.4 is 5.32 Å². The number of halogens is 3. The van der Waals surface area contributed by atoms with Gasteiger partial charge in [-0.15, -0.1) is 0 Å². The largest absolute Gasteiger partial charge is 0.401 e. The van der Waals surface area contributed by atoms with Crippen LogP contribution in [0.15, 0.2) is 0 Å². The first-order valence-electron chi connectivity index (χ1n) is 7.31. The highest BCUT2D eigenvalue weighted by Crippen LogP contribution is 2.38. The summed E-state index contributed by atoms with van der Waals surface area (Å²) in [6.07, 6.45) is 0.981. The van der Waals surface area contributed by atoms with Gasteiger partial charge in [-0.3, -0.25) is 4.90 Å². The molecule has 0 bridgehead atoms. The standard InChI is InChI=1S/C14H22F3N3/c1-19-13(9-18)7-2-3-11(13)6-8-20(12-4-5-12)10-14(15,16)17/h11-12,19H,2-8,10H2,1H3. The monoisotopic (exact) mass is 289 g/mol. The van der Waals surface area contributed by atoms with Gasteiger partial charge in [-0.05, 0) is 51.6 Å². The fourth-order valence-electron chi connectivity index (χ4n) is 3.38. The summed E-state index contributed by atoms with van der Waals surface area (Å²) in [6.45, 7) is -0.372. The number of nitriles is 1. The number of nitrogens with one attached hydrogen (secondary N) is 1. The summed E-state index contributed by atoms with van der Waals surface area (Å²) in [5.41, 5.74) is -0.534. The van der Waals surface area contributed by atoms with Crippen molar-refractivity contribution in [3.05, 3.63) is 0 Å². The maximum atomic E-state index is 12.6. The van der Waals surface area contributed by atoms with E-state index in [0.717, 1.165) is 32.1 Å². The van der Waals surface area contributed by atoms with Gasteiger partial charge in [0.2, 0.25) is 0 Å². The van der Waals surface area contributed by atoms with Crippen molar-refractivity contribution < 1.29 is 13.2 Å². The van der Waals surface area contributed by atoms with E-state index in [4.69, 9.17) is 0 Å². The number of hydrogen-bond donors (Lipinski definition) is 1. The van der Waals surface area contributed by atoms with Crippen LogP contribution in [0.25, 0.3) is 0 Å². The van der Waals surface area contributed by atoms with E-state index in [9.17, 15) is 18.4 Å². The molecule has 2 fully saturated rings. The zero-order valence-corrected chi connectivity index (χ0v) is 11.8. The van der Waals surface area contributed by atoms with Crippen molar-refractivity contribution in [3.63, 3.8) is 0 Å². The minimum Gasteiger partial charge on any atom is -0.302 e. The molecule has 114 valence electrons. The molecule has 2 aliphatic rings. The molecule has 3 nitrogen and oxygen atoms in total. The van der Waals surface area contributed by atoms with Crippen LogP contribution in [0.3, 0.4) is 0 Å². The molecule has 0 saturated heterocycles. The van der Waals surface area contributed by atoms with Crippen molar-refractivity contribution in [2.45, 2.75) is 56.3 Å². The van der Waals surface area contributed by atoms with E-state index < -0.39 is 18.3 Å². The second kappa shape index (κ2) is 5.90. The van der Waals surface area contributed by atoms with Gasteiger partial charge >= 0.3 is 6.18 Å². The SMILES string of the molecule is CNC1(C#N)CCCC1CCN(CC(F)(F)F)C1CC1. The van der Waals surface area contributed by atoms with Gasteiger partial charge in [0.15, 0.2) is 0 Å². The highest BCUT2D eigenvalue weighted by Gasteiger charge is 2.43. The minimum absolute atomic E-state index is 0.101. The molecular formula is C14H22F3N3. The second-order valence-corrected chi connectivity index (χ2v) is 6.03. The van der Waals surface area contributed by atoms with Gasteiger partial charge < -0.3 is 5.32 Å². The van der Waals surface area contributed by atoms with Crippen LogP contribution in [-0.4, -0.2) is 42.8 Å². The molecule has 6 heteroatoms. The average molecular weight is 289 g/mol. The number of alkyl halides is 3. The molecule has 0 aromatic carbocycles. The first-order valence-corrected chi connectivity index (χ1v) is 7.31. The maximum Gasteiger partial charge on any atom is 0.401 e. The molecule has 2 unspecified atom stereocenters. The zero-order valence-electron chi connectivity index (χ0n) is 11.8. The lowest BCUT2D eigenvalue weighted by molar-refractivity contribution is -0.147. The molecule has 0 aromatic heterocycles. The lowest BCUT2D eigenvalue weighted by Crippen LogP contribution is -2.46. The second-order valence-electron chi connectivity index (χ2n) is 6.03. The molecule has 2 atom stereocenters. The molecule has 0 heterocycles. The van der Waals surface area contributed by atoms with Crippen LogP contribution in [0.2, 0.25) is 0 Å². The minimum atomic E-state index is -4.13. The van der Waals surface area contributed by atoms with Crippen LogP contribution in [0.1, 0.15) is 38.5 Å². The van der Waals surface area contributed by atoms with E-state index in [0.29, 0.717) is 13.0 Å². The van der Waals surface area contributed by atoms with Gasteiger partial charge in [0.05, 0.1) is 12.6 Å². The quantitative estimate of drug-likeness (QED) is 0.817. The zero-order chi connectivity index (χ0) is 14.8. The van der Waals surface area contributed by atoms with Crippen molar-refractivity contribution >= 4 is 0 Å². The number of rotatable bonds is 6. The Morgan fingerprint density at radius 1 is 1.35 bits per heavy atom. The molecule has 2 aliphatic carbocycles. The predicted molar refractivity (Wildman–Crippen MR) is 70.0 cm³/mol. The van der Waals surface area contributed by atoms with Crippen molar-refractivity contribution in [1.82, 2.24) is 10.2 Å². The Kier molecular flexibility index (Phi) is 4.60. The summed E-state index contributed by atoms with van der Waals surface area (Å²) in [4.78, 5) is 1.55. The average Bonchev–Trinajstić information content (AvgIpc) is 3.14. The van der Waals surface area contributed by atoms with E-state index in [2.05, 4.69) is 11.4 Å². The highest BCUT2D eigenvalue weighted by atomic mass is 19.4. The van der Waals surface area contributed by atoms with Crippen LogP contribution in [-0.2, 0) is 0 Å². The Labute approximate surface area is 118 Å². The molecule has 0 spiro atoms. The van der Waals surface area contributed by atoms with Crippen LogP contribution in [0, 0.1) is 17.2 Å². The van der Waals surface area contributed by atoms with Crippen molar-refractivity contribution in [2.24, 2.45) is 5.92 Å². The first kappa shape index (κ1) is 15.6. The van der Waals surface area contributed by atoms with Crippen LogP contribution >= 0.6 is 0 Å². The highest BCUT2D eigenvalue weighted by molar-refractivity contribution is 5.13. The molecule has 0 aliphatic heterocycles. The molecule has 0 aromatic rings. The third-order valence-electron chi connectivity index (χ3n) is 4.68. The number of nitrogens with zero attached hydrogens (tertiary/aromatic N) is 2. The summed E-state index contributed by atoms with van der Waals surface area (Å²) in [6, 6.07) is 2.44. The van der Waals surface area contributed by atoms with Crippen molar-refractivity contribution in [2.75, 3.05) is 20.1 Å². The van der Waals surface area contributed by atoms with Gasteiger partial charge in [0, 0.05) is 6.04 Å². The van der Waals surface area contributed by atoms with Gasteiger partial charge in [0.25, 0.3) is 0 Å². The third-order valence-corrected chi connectivity index (χ3v) is 4.68. The van der Waals surface area contributed by atoms with Crippen molar-refractivity contribution in [1.29, 1.82) is 5.26 Å². The maximum absolute atomic E-state index is 12.6. The summed E-state index contributed by atoms with van der Waals surface area (Å²) in [5, 5.41) is 12.4. The molecular weight excluding hydrogens is 267 g/mol. The van der Waals surface area contributed by atoms with E-state index in [1.165, 1.54) is 0 Å². The van der Waals surface area contributed by atoms with Gasteiger partial charge in [-0.1, -0.05) is 6.42 Å². The van der Waals surface area contributed by atoms with Gasteiger partial charge in [-0.25, -0.2) is 0 Å². The van der Waals surface area contributed by atoms with E-state index in [-0.39, 0.29) is 12.0 Å². The molecule has 0 radical (unpaired) electrons. The van der Waals surface area contributed by atoms with E-state index in [1.54, 1.807) is 11.9 Å². The molecule has 2 rings (SSSR count). The Bertz CT molecular complexity index is 373. The summed E-state index contributed by atoms with van der Waals surface area (Å²) < 4.78 is 37.7. The van der Waals surface area contributed by atoms with Crippen LogP contribution in [0.4, 0.5) is 13.2 Å². The Morgan fingerprint density at radius 3 is 2.55 bits per heavy atom. The molecule has 20 heavy (non-hydrogen) atoms. The molecule has 0 amide bonds. The fourth-order valence-corrected chi connectivity index (χ4v) is 3.38. The van der Waals surface area contributed by atoms with E-state index in [1.807, 2.05) is 0 Å². The lowest BCUT2D eigenvalue weighted by atomic mass is 9.86. The van der Waals surface area contributed by atoms with Crippen LogP contribution in [0.5, 0.6) is 0 Å². The summed E-state index contributed by atoms with van der Waals surface area (Å²) >= 11 is 0. The van der Waals surface area contributed by atoms with E-state index >= 15 is 0 Å². The Balaban J connectivity index is 1.91. The normalized spacial score (nSPS) is 30.7. The molecule has 1 N–H and O–H groups in total. The Hall–Kier alpha value is -0.800. The van der Waals surface area contributed by atoms with Gasteiger partial charge in [0.1, 0.15) is 5.54 Å². The Morgan fingerprint density at radius 2 is 2.05 bits per heavy atom. The summed E-state index contributed by atoms with van der Waals surface area (Å²) in [7, 11) is 1.77. The topological polar surface area (TPSA) is 39.1 Å². The van der Waals surface area contributed by atoms with Crippen molar-refractivity contribution in [3.8, 4) is 6.07 Å². The first-order chi connectivity index (χ1) is 9.40.